The molecule has 0 unspecified atom stereocenters. The summed E-state index contributed by atoms with van der Waals surface area (Å²) in [7, 11) is 0. The van der Waals surface area contributed by atoms with Gasteiger partial charge in [-0.05, 0) is 47.9 Å². The molecule has 1 atom stereocenters. The van der Waals surface area contributed by atoms with Gasteiger partial charge < -0.3 is 15.1 Å². The van der Waals surface area contributed by atoms with Crippen molar-refractivity contribution >= 4 is 45.4 Å². The lowest BCUT2D eigenvalue weighted by Crippen LogP contribution is -2.38. The fourth-order valence-corrected chi connectivity index (χ4v) is 6.21. The summed E-state index contributed by atoms with van der Waals surface area (Å²) >= 11 is 13.9. The normalized spacial score (nSPS) is 17.6. The van der Waals surface area contributed by atoms with E-state index in [1.54, 1.807) is 23.5 Å². The van der Waals surface area contributed by atoms with E-state index in [0.29, 0.717) is 21.6 Å². The van der Waals surface area contributed by atoms with E-state index < -0.39 is 6.17 Å². The summed E-state index contributed by atoms with van der Waals surface area (Å²) in [5.41, 5.74) is 4.09. The number of halogens is 2. The van der Waals surface area contributed by atoms with E-state index >= 15 is 0 Å². The summed E-state index contributed by atoms with van der Waals surface area (Å²) in [6.07, 6.45) is 0.438. The Balaban J connectivity index is 1.22. The van der Waals surface area contributed by atoms with Crippen molar-refractivity contribution in [1.82, 2.24) is 10.2 Å². The largest absolute Gasteiger partial charge is 0.457 e. The summed E-state index contributed by atoms with van der Waals surface area (Å²) in [5, 5.41) is 8.42. The number of amides is 1. The average Bonchev–Trinajstić information content (AvgIpc) is 3.46. The van der Waals surface area contributed by atoms with Crippen molar-refractivity contribution in [2.24, 2.45) is 0 Å². The van der Waals surface area contributed by atoms with Crippen LogP contribution in [0, 0.1) is 0 Å². The number of anilines is 1. The van der Waals surface area contributed by atoms with Crippen LogP contribution >= 0.6 is 34.5 Å². The molecule has 0 aliphatic carbocycles. The van der Waals surface area contributed by atoms with Gasteiger partial charge in [-0.15, -0.1) is 11.3 Å². The van der Waals surface area contributed by atoms with Gasteiger partial charge in [0.2, 0.25) is 0 Å². The van der Waals surface area contributed by atoms with Gasteiger partial charge in [0.1, 0.15) is 16.5 Å². The van der Waals surface area contributed by atoms with Crippen LogP contribution in [0.15, 0.2) is 65.1 Å². The maximum Gasteiger partial charge on any atom is 0.256 e. The van der Waals surface area contributed by atoms with Gasteiger partial charge in [0.15, 0.2) is 6.17 Å². The van der Waals surface area contributed by atoms with E-state index in [2.05, 4.69) is 39.8 Å². The zero-order valence-electron chi connectivity index (χ0n) is 18.1. The third kappa shape index (κ3) is 4.01. The lowest BCUT2D eigenvalue weighted by Gasteiger charge is -2.28. The van der Waals surface area contributed by atoms with E-state index in [9.17, 15) is 4.79 Å². The molecule has 4 aromatic rings. The third-order valence-electron chi connectivity index (χ3n) is 6.28. The minimum absolute atomic E-state index is 0.0553. The molecule has 5 nitrogen and oxygen atoms in total. The standard InChI is InChI=1S/C26H21Cl2N3O2S/c27-18-7-6-16(12-19(18)28)20-8-9-21(33-20)24-29-25(32)23-17-10-11-31(13-15-4-2-1-3-5-15)14-22(17)34-26(23)30-24/h1-9,12,24,30H,10-11,13-14H2,(H,29,32)/t24-/m1/s1. The van der Waals surface area contributed by atoms with E-state index in [1.165, 1.54) is 16.0 Å². The molecular weight excluding hydrogens is 489 g/mol. The fourth-order valence-electron chi connectivity index (χ4n) is 4.60. The number of benzene rings is 2. The van der Waals surface area contributed by atoms with Crippen molar-refractivity contribution in [3.8, 4) is 11.3 Å². The quantitative estimate of drug-likeness (QED) is 0.320. The number of fused-ring (bicyclic) bond motifs is 3. The number of furan rings is 1. The van der Waals surface area contributed by atoms with Crippen LogP contribution in [0.25, 0.3) is 11.3 Å². The SMILES string of the molecule is O=C1N[C@@H](c2ccc(-c3ccc(Cl)c(Cl)c3)o2)Nc2sc3c(c21)CCN(Cc1ccccc1)C3. The fraction of sp³-hybridized carbons (Fsp3) is 0.192. The van der Waals surface area contributed by atoms with Crippen LogP contribution in [0.1, 0.15) is 38.3 Å². The number of nitrogens with one attached hydrogen (secondary N) is 2. The van der Waals surface area contributed by atoms with Gasteiger partial charge in [0.25, 0.3) is 5.91 Å². The Bertz CT molecular complexity index is 1380. The van der Waals surface area contributed by atoms with Gasteiger partial charge in [0, 0.05) is 30.1 Å². The van der Waals surface area contributed by atoms with Gasteiger partial charge in [-0.2, -0.15) is 0 Å². The van der Waals surface area contributed by atoms with Gasteiger partial charge in [-0.3, -0.25) is 9.69 Å². The van der Waals surface area contributed by atoms with Crippen LogP contribution in [0.2, 0.25) is 10.0 Å². The summed E-state index contributed by atoms with van der Waals surface area (Å²) in [6.45, 7) is 2.70. The first-order chi connectivity index (χ1) is 16.5. The minimum atomic E-state index is -0.433. The molecule has 4 heterocycles. The Labute approximate surface area is 211 Å². The molecule has 2 N–H and O–H groups in total. The molecule has 8 heteroatoms. The molecule has 6 rings (SSSR count). The molecule has 0 saturated heterocycles. The van der Waals surface area contributed by atoms with Crippen LogP contribution in [-0.4, -0.2) is 17.4 Å². The van der Waals surface area contributed by atoms with Crippen LogP contribution in [0.5, 0.6) is 0 Å². The molecule has 0 saturated carbocycles. The predicted molar refractivity (Wildman–Crippen MR) is 137 cm³/mol. The third-order valence-corrected chi connectivity index (χ3v) is 8.17. The molecule has 2 aliphatic heterocycles. The molecule has 34 heavy (non-hydrogen) atoms. The van der Waals surface area contributed by atoms with Crippen molar-refractivity contribution in [2.75, 3.05) is 11.9 Å². The first-order valence-electron chi connectivity index (χ1n) is 11.1. The van der Waals surface area contributed by atoms with Gasteiger partial charge in [0.05, 0.1) is 15.6 Å². The van der Waals surface area contributed by atoms with Crippen molar-refractivity contribution in [3.05, 3.63) is 98.0 Å². The maximum absolute atomic E-state index is 13.1. The number of hydrogen-bond acceptors (Lipinski definition) is 5. The molecule has 2 aromatic carbocycles. The Morgan fingerprint density at radius 2 is 1.88 bits per heavy atom. The second-order valence-electron chi connectivity index (χ2n) is 8.54. The van der Waals surface area contributed by atoms with E-state index in [0.717, 1.165) is 42.2 Å². The summed E-state index contributed by atoms with van der Waals surface area (Å²) in [6, 6.07) is 19.6. The molecule has 0 spiro atoms. The number of thiophene rings is 1. The van der Waals surface area contributed by atoms with E-state index in [-0.39, 0.29) is 5.91 Å². The molecule has 2 aromatic heterocycles. The van der Waals surface area contributed by atoms with Crippen molar-refractivity contribution in [2.45, 2.75) is 25.7 Å². The highest BCUT2D eigenvalue weighted by Crippen LogP contribution is 2.41. The number of carbonyl (C=O) groups is 1. The minimum Gasteiger partial charge on any atom is -0.457 e. The molecule has 2 aliphatic rings. The second-order valence-corrected chi connectivity index (χ2v) is 10.5. The first-order valence-corrected chi connectivity index (χ1v) is 12.7. The zero-order valence-corrected chi connectivity index (χ0v) is 20.4. The topological polar surface area (TPSA) is 57.5 Å². The highest BCUT2D eigenvalue weighted by Gasteiger charge is 2.34. The number of hydrogen-bond donors (Lipinski definition) is 2. The van der Waals surface area contributed by atoms with Gasteiger partial charge in [-0.1, -0.05) is 53.5 Å². The predicted octanol–water partition coefficient (Wildman–Crippen LogP) is 6.73. The van der Waals surface area contributed by atoms with E-state index in [4.69, 9.17) is 27.6 Å². The maximum atomic E-state index is 13.1. The smallest absolute Gasteiger partial charge is 0.256 e. The molecule has 1 amide bonds. The van der Waals surface area contributed by atoms with Gasteiger partial charge >= 0.3 is 0 Å². The summed E-state index contributed by atoms with van der Waals surface area (Å²) in [4.78, 5) is 16.8. The number of nitrogens with zero attached hydrogens (tertiary/aromatic N) is 1. The average molecular weight is 510 g/mol. The lowest BCUT2D eigenvalue weighted by atomic mass is 10.0. The molecule has 172 valence electrons. The number of rotatable bonds is 4. The Morgan fingerprint density at radius 3 is 2.71 bits per heavy atom. The van der Waals surface area contributed by atoms with Crippen molar-refractivity contribution < 1.29 is 9.21 Å². The summed E-state index contributed by atoms with van der Waals surface area (Å²) < 4.78 is 6.07. The van der Waals surface area contributed by atoms with Crippen LogP contribution in [-0.2, 0) is 19.5 Å². The van der Waals surface area contributed by atoms with Crippen LogP contribution < -0.4 is 10.6 Å². The lowest BCUT2D eigenvalue weighted by molar-refractivity contribution is 0.0930. The highest BCUT2D eigenvalue weighted by atomic mass is 35.5. The van der Waals surface area contributed by atoms with Crippen molar-refractivity contribution in [3.63, 3.8) is 0 Å². The molecule has 0 fully saturated rings. The highest BCUT2D eigenvalue weighted by molar-refractivity contribution is 7.16. The van der Waals surface area contributed by atoms with Crippen LogP contribution in [0.3, 0.4) is 0 Å². The zero-order chi connectivity index (χ0) is 23.2. The van der Waals surface area contributed by atoms with Crippen molar-refractivity contribution in [1.29, 1.82) is 0 Å². The monoisotopic (exact) mass is 509 g/mol. The van der Waals surface area contributed by atoms with Gasteiger partial charge in [-0.25, -0.2) is 0 Å². The number of carbonyl (C=O) groups excluding carboxylic acids is 1. The Morgan fingerprint density at radius 1 is 1.03 bits per heavy atom. The molecular formula is C26H21Cl2N3O2S. The van der Waals surface area contributed by atoms with Crippen LogP contribution in [0.4, 0.5) is 5.00 Å². The molecule has 0 bridgehead atoms. The Hall–Kier alpha value is -2.77. The Kier molecular flexibility index (Phi) is 5.62. The first kappa shape index (κ1) is 21.7. The molecule has 0 radical (unpaired) electrons. The summed E-state index contributed by atoms with van der Waals surface area (Å²) in [5.74, 6) is 1.25. The van der Waals surface area contributed by atoms with E-state index in [1.807, 2.05) is 24.3 Å². The second kappa shape index (κ2) is 8.78.